The lowest BCUT2D eigenvalue weighted by atomic mass is 10.1. The molecule has 1 atom stereocenters. The first-order chi connectivity index (χ1) is 8.27. The Labute approximate surface area is 111 Å². The van der Waals surface area contributed by atoms with Crippen molar-refractivity contribution in [3.8, 4) is 5.75 Å². The number of alkyl halides is 1. The van der Waals surface area contributed by atoms with Crippen LogP contribution in [0.3, 0.4) is 0 Å². The highest BCUT2D eigenvalue weighted by Crippen LogP contribution is 2.28. The molecule has 3 heteroatoms. The van der Waals surface area contributed by atoms with Crippen molar-refractivity contribution in [1.29, 1.82) is 0 Å². The first kappa shape index (κ1) is 12.3. The predicted octanol–water partition coefficient (Wildman–Crippen LogP) is 4.45. The summed E-state index contributed by atoms with van der Waals surface area (Å²) in [5, 5.41) is 0.483. The molecule has 87 valence electrons. The molecule has 2 aromatic rings. The van der Waals surface area contributed by atoms with Crippen LogP contribution in [0.15, 0.2) is 60.7 Å². The fraction of sp³-hybridized carbons (Fsp3) is 0.0714. The van der Waals surface area contributed by atoms with E-state index in [4.69, 9.17) is 27.9 Å². The Morgan fingerprint density at radius 2 is 1.41 bits per heavy atom. The van der Waals surface area contributed by atoms with E-state index in [2.05, 4.69) is 0 Å². The van der Waals surface area contributed by atoms with E-state index in [1.807, 2.05) is 60.7 Å². The summed E-state index contributed by atoms with van der Waals surface area (Å²) in [6, 6.07) is 18.9. The van der Waals surface area contributed by atoms with Gasteiger partial charge in [-0.25, -0.2) is 0 Å². The van der Waals surface area contributed by atoms with Crippen LogP contribution < -0.4 is 4.74 Å². The molecule has 0 fully saturated rings. The Kier molecular flexibility index (Phi) is 4.29. The standard InChI is InChI=1S/C14H11Cl2O/c15-13(11-7-3-1-4-8-11)14(16)17-12-9-5-2-6-10-12/h1-10,14H. The predicted molar refractivity (Wildman–Crippen MR) is 71.4 cm³/mol. The third-order valence-electron chi connectivity index (χ3n) is 2.23. The Morgan fingerprint density at radius 1 is 0.882 bits per heavy atom. The minimum Gasteiger partial charge on any atom is -0.472 e. The van der Waals surface area contributed by atoms with Gasteiger partial charge in [0.15, 0.2) is 5.56 Å². The lowest BCUT2D eigenvalue weighted by Crippen LogP contribution is -2.15. The molecule has 0 aliphatic heterocycles. The summed E-state index contributed by atoms with van der Waals surface area (Å²) >= 11 is 12.3. The summed E-state index contributed by atoms with van der Waals surface area (Å²) in [5.74, 6) is 0.696. The zero-order valence-corrected chi connectivity index (χ0v) is 10.5. The van der Waals surface area contributed by atoms with E-state index in [1.165, 1.54) is 0 Å². The van der Waals surface area contributed by atoms with Crippen LogP contribution in [0.1, 0.15) is 5.56 Å². The smallest absolute Gasteiger partial charge is 0.197 e. The van der Waals surface area contributed by atoms with E-state index in [9.17, 15) is 0 Å². The molecule has 1 radical (unpaired) electrons. The number of ether oxygens (including phenoxy) is 1. The average Bonchev–Trinajstić information content (AvgIpc) is 2.40. The number of para-hydroxylation sites is 1. The van der Waals surface area contributed by atoms with E-state index in [1.54, 1.807) is 0 Å². The molecule has 17 heavy (non-hydrogen) atoms. The van der Waals surface area contributed by atoms with Crippen LogP contribution in [0.5, 0.6) is 5.75 Å². The summed E-state index contributed by atoms with van der Waals surface area (Å²) in [4.78, 5) is 0. The molecule has 1 unspecified atom stereocenters. The van der Waals surface area contributed by atoms with Crippen LogP contribution in [0, 0.1) is 5.38 Å². The topological polar surface area (TPSA) is 9.23 Å². The summed E-state index contributed by atoms with van der Waals surface area (Å²) in [6.07, 6.45) is 0. The molecule has 0 aliphatic carbocycles. The van der Waals surface area contributed by atoms with Crippen molar-refractivity contribution in [1.82, 2.24) is 0 Å². The zero-order chi connectivity index (χ0) is 12.1. The first-order valence-corrected chi connectivity index (χ1v) is 6.02. The third kappa shape index (κ3) is 3.39. The van der Waals surface area contributed by atoms with E-state index in [-0.39, 0.29) is 0 Å². The first-order valence-electron chi connectivity index (χ1n) is 5.21. The molecule has 2 aromatic carbocycles. The lowest BCUT2D eigenvalue weighted by molar-refractivity contribution is 0.308. The van der Waals surface area contributed by atoms with E-state index in [0.29, 0.717) is 11.1 Å². The SMILES string of the molecule is Cl[C](c1ccccc1)C(Cl)Oc1ccccc1. The second-order valence-electron chi connectivity index (χ2n) is 3.46. The monoisotopic (exact) mass is 265 g/mol. The van der Waals surface area contributed by atoms with Gasteiger partial charge in [0.2, 0.25) is 0 Å². The lowest BCUT2D eigenvalue weighted by Gasteiger charge is -2.17. The molecule has 0 spiro atoms. The number of benzene rings is 2. The summed E-state index contributed by atoms with van der Waals surface area (Å²) < 4.78 is 5.53. The van der Waals surface area contributed by atoms with E-state index in [0.717, 1.165) is 5.56 Å². The molecular weight excluding hydrogens is 255 g/mol. The Hall–Kier alpha value is -1.18. The second-order valence-corrected chi connectivity index (χ2v) is 4.26. The van der Waals surface area contributed by atoms with Crippen molar-refractivity contribution >= 4 is 23.2 Å². The van der Waals surface area contributed by atoms with Gasteiger partial charge >= 0.3 is 0 Å². The van der Waals surface area contributed by atoms with Crippen molar-refractivity contribution in [2.24, 2.45) is 0 Å². The van der Waals surface area contributed by atoms with Crippen LogP contribution in [-0.2, 0) is 0 Å². The number of rotatable bonds is 4. The molecule has 0 bridgehead atoms. The fourth-order valence-corrected chi connectivity index (χ4v) is 1.80. The van der Waals surface area contributed by atoms with Crippen molar-refractivity contribution < 1.29 is 4.74 Å². The number of halogens is 2. The summed E-state index contributed by atoms with van der Waals surface area (Å²) in [6.45, 7) is 0. The maximum Gasteiger partial charge on any atom is 0.197 e. The molecule has 0 amide bonds. The molecule has 0 aliphatic rings. The fourth-order valence-electron chi connectivity index (χ4n) is 1.40. The third-order valence-corrected chi connectivity index (χ3v) is 3.07. The highest BCUT2D eigenvalue weighted by atomic mass is 35.5. The van der Waals surface area contributed by atoms with Crippen molar-refractivity contribution in [2.75, 3.05) is 0 Å². The number of hydrogen-bond donors (Lipinski definition) is 0. The quantitative estimate of drug-likeness (QED) is 0.743. The van der Waals surface area contributed by atoms with Crippen LogP contribution in [-0.4, -0.2) is 5.56 Å². The molecule has 0 heterocycles. The molecule has 2 rings (SSSR count). The zero-order valence-electron chi connectivity index (χ0n) is 9.02. The molecular formula is C14H11Cl2O. The largest absolute Gasteiger partial charge is 0.472 e. The molecule has 1 nitrogen and oxygen atoms in total. The highest BCUT2D eigenvalue weighted by molar-refractivity contribution is 6.36. The van der Waals surface area contributed by atoms with E-state index < -0.39 is 5.56 Å². The second kappa shape index (κ2) is 5.95. The van der Waals surface area contributed by atoms with Crippen molar-refractivity contribution in [3.63, 3.8) is 0 Å². The van der Waals surface area contributed by atoms with Crippen LogP contribution >= 0.6 is 23.2 Å². The van der Waals surface area contributed by atoms with Crippen LogP contribution in [0.25, 0.3) is 0 Å². The van der Waals surface area contributed by atoms with Gasteiger partial charge in [-0.05, 0) is 17.7 Å². The molecule has 0 aromatic heterocycles. The van der Waals surface area contributed by atoms with Gasteiger partial charge in [-0.15, -0.1) is 11.6 Å². The Morgan fingerprint density at radius 3 is 2.00 bits per heavy atom. The maximum atomic E-state index is 6.17. The minimum atomic E-state index is -0.679. The van der Waals surface area contributed by atoms with Crippen molar-refractivity contribution in [2.45, 2.75) is 5.56 Å². The maximum absolute atomic E-state index is 6.17. The van der Waals surface area contributed by atoms with Crippen LogP contribution in [0.2, 0.25) is 0 Å². The molecule has 0 saturated heterocycles. The summed E-state index contributed by atoms with van der Waals surface area (Å²) in [5.41, 5.74) is 0.187. The van der Waals surface area contributed by atoms with E-state index >= 15 is 0 Å². The van der Waals surface area contributed by atoms with Gasteiger partial charge in [0.25, 0.3) is 0 Å². The van der Waals surface area contributed by atoms with Gasteiger partial charge in [-0.2, -0.15) is 0 Å². The van der Waals surface area contributed by atoms with Gasteiger partial charge in [0.1, 0.15) is 11.1 Å². The van der Waals surface area contributed by atoms with Gasteiger partial charge in [-0.1, -0.05) is 60.1 Å². The van der Waals surface area contributed by atoms with Gasteiger partial charge in [-0.3, -0.25) is 0 Å². The molecule has 0 N–H and O–H groups in total. The highest BCUT2D eigenvalue weighted by Gasteiger charge is 2.21. The van der Waals surface area contributed by atoms with Crippen molar-refractivity contribution in [3.05, 3.63) is 71.6 Å². The number of hydrogen-bond acceptors (Lipinski definition) is 1. The average molecular weight is 266 g/mol. The Bertz CT molecular complexity index is 444. The van der Waals surface area contributed by atoms with Crippen LogP contribution in [0.4, 0.5) is 0 Å². The summed E-state index contributed by atoms with van der Waals surface area (Å²) in [7, 11) is 0. The Balaban J connectivity index is 2.03. The molecule has 0 saturated carbocycles. The van der Waals surface area contributed by atoms with Gasteiger partial charge in [0, 0.05) is 0 Å². The van der Waals surface area contributed by atoms with Gasteiger partial charge < -0.3 is 4.74 Å². The minimum absolute atomic E-state index is 0.483. The normalized spacial score (nSPS) is 12.4. The van der Waals surface area contributed by atoms with Gasteiger partial charge in [0.05, 0.1) is 0 Å².